The monoisotopic (exact) mass is 289 g/mol. The Bertz CT molecular complexity index is 556. The highest BCUT2D eigenvalue weighted by molar-refractivity contribution is 6.00. The van der Waals surface area contributed by atoms with Gasteiger partial charge in [-0.15, -0.1) is 0 Å². The fraction of sp³-hybridized carbons (Fsp3) is 0.333. The third-order valence-electron chi connectivity index (χ3n) is 2.82. The largest absolute Gasteiger partial charge is 0.478 e. The molecule has 0 bridgehead atoms. The van der Waals surface area contributed by atoms with Crippen molar-refractivity contribution in [3.63, 3.8) is 0 Å². The van der Waals surface area contributed by atoms with E-state index in [1.807, 2.05) is 0 Å². The molecule has 1 aliphatic rings. The van der Waals surface area contributed by atoms with Crippen LogP contribution in [0.4, 0.5) is 23.7 Å². The predicted molar refractivity (Wildman–Crippen MR) is 61.7 cm³/mol. The van der Waals surface area contributed by atoms with Gasteiger partial charge in [0.2, 0.25) is 0 Å². The quantitative estimate of drug-likeness (QED) is 0.909. The number of benzene rings is 1. The van der Waals surface area contributed by atoms with Gasteiger partial charge in [-0.3, -0.25) is 4.90 Å². The number of hydrogen-bond donors (Lipinski definition) is 1. The van der Waals surface area contributed by atoms with Crippen LogP contribution in [0.3, 0.4) is 0 Å². The minimum atomic E-state index is -4.65. The molecule has 1 aromatic rings. The van der Waals surface area contributed by atoms with Gasteiger partial charge in [-0.05, 0) is 24.6 Å². The zero-order valence-corrected chi connectivity index (χ0v) is 10.1. The van der Waals surface area contributed by atoms with Crippen LogP contribution in [0.5, 0.6) is 0 Å². The molecule has 5 nitrogen and oxygen atoms in total. The lowest BCUT2D eigenvalue weighted by Crippen LogP contribution is -2.38. The van der Waals surface area contributed by atoms with Gasteiger partial charge in [0.15, 0.2) is 0 Å². The van der Waals surface area contributed by atoms with Crippen LogP contribution < -0.4 is 4.90 Å². The van der Waals surface area contributed by atoms with Gasteiger partial charge in [0.05, 0.1) is 23.4 Å². The maximum absolute atomic E-state index is 12.6. The molecule has 1 aromatic carbocycles. The fourth-order valence-corrected chi connectivity index (χ4v) is 1.89. The van der Waals surface area contributed by atoms with E-state index >= 15 is 0 Å². The summed E-state index contributed by atoms with van der Waals surface area (Å²) in [6, 6.07) is 2.22. The first-order valence-electron chi connectivity index (χ1n) is 5.69. The number of rotatable bonds is 2. The molecule has 0 unspecified atom stereocenters. The standard InChI is InChI=1S/C12H10F3NO4/c13-12(14,15)7-2-3-9(8(6-7)10(17)18)16-4-1-5-20-11(16)19/h2-3,6H,1,4-5H2,(H,17,18). The Balaban J connectivity index is 2.48. The van der Waals surface area contributed by atoms with Crippen LogP contribution >= 0.6 is 0 Å². The van der Waals surface area contributed by atoms with Gasteiger partial charge in [0.25, 0.3) is 0 Å². The van der Waals surface area contributed by atoms with Crippen LogP contribution in [-0.2, 0) is 10.9 Å². The molecular formula is C12H10F3NO4. The van der Waals surface area contributed by atoms with Crippen LogP contribution in [-0.4, -0.2) is 30.3 Å². The van der Waals surface area contributed by atoms with E-state index in [1.165, 1.54) is 0 Å². The van der Waals surface area contributed by atoms with Crippen molar-refractivity contribution in [1.82, 2.24) is 0 Å². The van der Waals surface area contributed by atoms with Crippen molar-refractivity contribution in [2.45, 2.75) is 12.6 Å². The lowest BCUT2D eigenvalue weighted by molar-refractivity contribution is -0.137. The molecule has 2 rings (SSSR count). The molecule has 1 aliphatic heterocycles. The van der Waals surface area contributed by atoms with E-state index in [4.69, 9.17) is 9.84 Å². The van der Waals surface area contributed by atoms with Crippen LogP contribution in [0.2, 0.25) is 0 Å². The lowest BCUT2D eigenvalue weighted by Gasteiger charge is -2.27. The van der Waals surface area contributed by atoms with Gasteiger partial charge in [0, 0.05) is 6.54 Å². The lowest BCUT2D eigenvalue weighted by atomic mass is 10.1. The minimum Gasteiger partial charge on any atom is -0.478 e. The number of aromatic carboxylic acids is 1. The number of hydrogen-bond acceptors (Lipinski definition) is 3. The van der Waals surface area contributed by atoms with E-state index < -0.39 is 29.4 Å². The van der Waals surface area contributed by atoms with Crippen LogP contribution in [0.1, 0.15) is 22.3 Å². The average Bonchev–Trinajstić information content (AvgIpc) is 2.37. The molecule has 1 heterocycles. The first-order valence-corrected chi connectivity index (χ1v) is 5.69. The average molecular weight is 289 g/mol. The Labute approximate surface area is 111 Å². The normalized spacial score (nSPS) is 15.9. The first-order chi connectivity index (χ1) is 9.30. The Morgan fingerprint density at radius 3 is 2.60 bits per heavy atom. The molecule has 8 heteroatoms. The van der Waals surface area contributed by atoms with Gasteiger partial charge in [-0.2, -0.15) is 13.2 Å². The maximum atomic E-state index is 12.6. The summed E-state index contributed by atoms with van der Waals surface area (Å²) in [7, 11) is 0. The van der Waals surface area contributed by atoms with Gasteiger partial charge in [-0.25, -0.2) is 9.59 Å². The number of carbonyl (C=O) groups excluding carboxylic acids is 1. The number of nitrogens with zero attached hydrogens (tertiary/aromatic N) is 1. The number of ether oxygens (including phenoxy) is 1. The summed E-state index contributed by atoms with van der Waals surface area (Å²) in [4.78, 5) is 23.7. The van der Waals surface area contributed by atoms with E-state index in [0.29, 0.717) is 12.5 Å². The summed E-state index contributed by atoms with van der Waals surface area (Å²) in [6.45, 7) is 0.406. The molecule has 108 valence electrons. The third-order valence-corrected chi connectivity index (χ3v) is 2.82. The Kier molecular flexibility index (Phi) is 3.56. The number of carboxylic acid groups (broad SMARTS) is 1. The number of cyclic esters (lactones) is 1. The topological polar surface area (TPSA) is 66.8 Å². The molecule has 0 saturated carbocycles. The molecule has 0 aromatic heterocycles. The molecule has 1 N–H and O–H groups in total. The number of anilines is 1. The summed E-state index contributed by atoms with van der Waals surface area (Å²) in [5, 5.41) is 9.03. The number of amides is 1. The van der Waals surface area contributed by atoms with Crippen molar-refractivity contribution in [3.05, 3.63) is 29.3 Å². The zero-order valence-electron chi connectivity index (χ0n) is 10.1. The molecule has 1 amide bonds. The highest BCUT2D eigenvalue weighted by atomic mass is 19.4. The number of alkyl halides is 3. The van der Waals surface area contributed by atoms with Crippen molar-refractivity contribution in [2.24, 2.45) is 0 Å². The predicted octanol–water partition coefficient (Wildman–Crippen LogP) is 2.75. The van der Waals surface area contributed by atoms with Crippen molar-refractivity contribution in [3.8, 4) is 0 Å². The van der Waals surface area contributed by atoms with Gasteiger partial charge in [-0.1, -0.05) is 0 Å². The van der Waals surface area contributed by atoms with Gasteiger partial charge >= 0.3 is 18.2 Å². The highest BCUT2D eigenvalue weighted by Crippen LogP contribution is 2.33. The van der Waals surface area contributed by atoms with E-state index in [2.05, 4.69) is 0 Å². The van der Waals surface area contributed by atoms with Crippen molar-refractivity contribution in [2.75, 3.05) is 18.1 Å². The molecular weight excluding hydrogens is 279 g/mol. The molecule has 1 fully saturated rings. The summed E-state index contributed by atoms with van der Waals surface area (Å²) < 4.78 is 42.5. The SMILES string of the molecule is O=C(O)c1cc(C(F)(F)F)ccc1N1CCCOC1=O. The van der Waals surface area contributed by atoms with Crippen molar-refractivity contribution >= 4 is 17.7 Å². The van der Waals surface area contributed by atoms with Gasteiger partial charge < -0.3 is 9.84 Å². The molecule has 1 saturated heterocycles. The number of carboxylic acids is 1. The second-order valence-electron chi connectivity index (χ2n) is 4.15. The zero-order chi connectivity index (χ0) is 14.9. The number of carbonyl (C=O) groups is 2. The molecule has 0 aliphatic carbocycles. The Morgan fingerprint density at radius 2 is 2.05 bits per heavy atom. The summed E-state index contributed by atoms with van der Waals surface area (Å²) >= 11 is 0. The van der Waals surface area contributed by atoms with Crippen LogP contribution in [0.25, 0.3) is 0 Å². The fourth-order valence-electron chi connectivity index (χ4n) is 1.89. The second-order valence-corrected chi connectivity index (χ2v) is 4.15. The van der Waals surface area contributed by atoms with Crippen molar-refractivity contribution in [1.29, 1.82) is 0 Å². The number of halogens is 3. The Hall–Kier alpha value is -2.25. The highest BCUT2D eigenvalue weighted by Gasteiger charge is 2.33. The summed E-state index contributed by atoms with van der Waals surface area (Å²) in [5.41, 5.74) is -1.77. The molecule has 20 heavy (non-hydrogen) atoms. The Morgan fingerprint density at radius 1 is 1.35 bits per heavy atom. The van der Waals surface area contributed by atoms with E-state index in [1.54, 1.807) is 0 Å². The second kappa shape index (κ2) is 5.03. The van der Waals surface area contributed by atoms with Crippen LogP contribution in [0, 0.1) is 0 Å². The van der Waals surface area contributed by atoms with Crippen molar-refractivity contribution < 1.29 is 32.6 Å². The summed E-state index contributed by atoms with van der Waals surface area (Å²) in [5.74, 6) is -1.54. The third kappa shape index (κ3) is 2.68. The maximum Gasteiger partial charge on any atom is 0.416 e. The molecule has 0 atom stereocenters. The smallest absolute Gasteiger partial charge is 0.416 e. The molecule has 0 spiro atoms. The minimum absolute atomic E-state index is 0.102. The van der Waals surface area contributed by atoms with Gasteiger partial charge in [0.1, 0.15) is 0 Å². The first kappa shape index (κ1) is 14.2. The summed E-state index contributed by atoms with van der Waals surface area (Å²) in [6.07, 6.45) is -4.93. The van der Waals surface area contributed by atoms with E-state index in [0.717, 1.165) is 17.0 Å². The van der Waals surface area contributed by atoms with Crippen LogP contribution in [0.15, 0.2) is 18.2 Å². The van der Waals surface area contributed by atoms with E-state index in [-0.39, 0.29) is 18.8 Å². The van der Waals surface area contributed by atoms with E-state index in [9.17, 15) is 22.8 Å². The molecule has 0 radical (unpaired) electrons.